The van der Waals surface area contributed by atoms with E-state index in [2.05, 4.69) is 20.6 Å². The number of carbonyl (C=O) groups excluding carboxylic acids is 1. The summed E-state index contributed by atoms with van der Waals surface area (Å²) in [5.74, 6) is 0.613. The Hall–Kier alpha value is -2.73. The van der Waals surface area contributed by atoms with E-state index in [0.717, 1.165) is 16.1 Å². The Labute approximate surface area is 169 Å². The summed E-state index contributed by atoms with van der Waals surface area (Å²) in [4.78, 5) is 22.3. The number of urea groups is 1. The maximum atomic E-state index is 12.1. The molecule has 1 aliphatic carbocycles. The molecule has 0 bridgehead atoms. The van der Waals surface area contributed by atoms with Crippen LogP contribution in [-0.4, -0.2) is 16.0 Å². The predicted octanol–water partition coefficient (Wildman–Crippen LogP) is 5.57. The highest BCUT2D eigenvalue weighted by atomic mass is 32.1. The third-order valence-electron chi connectivity index (χ3n) is 5.05. The zero-order valence-corrected chi connectivity index (χ0v) is 16.5. The number of amides is 2. The molecular weight excluding hydrogens is 368 g/mol. The van der Waals surface area contributed by atoms with Crippen molar-refractivity contribution in [1.29, 1.82) is 0 Å². The first-order chi connectivity index (χ1) is 13.8. The van der Waals surface area contributed by atoms with Crippen LogP contribution in [-0.2, 0) is 6.54 Å². The fourth-order valence-corrected chi connectivity index (χ4v) is 4.58. The Morgan fingerprint density at radius 3 is 2.57 bits per heavy atom. The lowest BCUT2D eigenvalue weighted by Gasteiger charge is -2.18. The van der Waals surface area contributed by atoms with E-state index in [1.807, 2.05) is 48.7 Å². The van der Waals surface area contributed by atoms with Gasteiger partial charge >= 0.3 is 6.03 Å². The normalized spacial score (nSPS) is 14.6. The van der Waals surface area contributed by atoms with Crippen LogP contribution >= 0.6 is 11.3 Å². The number of thiazole rings is 1. The van der Waals surface area contributed by atoms with Crippen LogP contribution in [0.4, 0.5) is 10.5 Å². The van der Waals surface area contributed by atoms with E-state index >= 15 is 0 Å². The lowest BCUT2D eigenvalue weighted by atomic mass is 9.90. The van der Waals surface area contributed by atoms with Crippen LogP contribution < -0.4 is 10.6 Å². The lowest BCUT2D eigenvalue weighted by molar-refractivity contribution is 0.251. The van der Waals surface area contributed by atoms with E-state index in [4.69, 9.17) is 0 Å². The van der Waals surface area contributed by atoms with Crippen LogP contribution in [0.5, 0.6) is 0 Å². The second-order valence-electron chi connectivity index (χ2n) is 7.12. The first kappa shape index (κ1) is 18.6. The van der Waals surface area contributed by atoms with Gasteiger partial charge in [-0.2, -0.15) is 0 Å². The molecular formula is C22H24N4OS. The molecule has 1 aromatic carbocycles. The molecule has 0 aliphatic heterocycles. The minimum Gasteiger partial charge on any atom is -0.334 e. The topological polar surface area (TPSA) is 66.9 Å². The van der Waals surface area contributed by atoms with Crippen molar-refractivity contribution >= 4 is 23.1 Å². The maximum absolute atomic E-state index is 12.1. The summed E-state index contributed by atoms with van der Waals surface area (Å²) in [6, 6.07) is 13.4. The van der Waals surface area contributed by atoms with Gasteiger partial charge in [0, 0.05) is 18.7 Å². The molecule has 0 unspecified atom stereocenters. The third-order valence-corrected chi connectivity index (χ3v) is 6.23. The number of aromatic nitrogens is 2. The van der Waals surface area contributed by atoms with Crippen LogP contribution in [0.2, 0.25) is 0 Å². The zero-order chi connectivity index (χ0) is 19.2. The average Bonchev–Trinajstić information content (AvgIpc) is 3.25. The number of benzene rings is 1. The van der Waals surface area contributed by atoms with Crippen molar-refractivity contribution in [1.82, 2.24) is 15.3 Å². The van der Waals surface area contributed by atoms with Gasteiger partial charge in [-0.25, -0.2) is 9.78 Å². The third kappa shape index (κ3) is 4.75. The first-order valence-corrected chi connectivity index (χ1v) is 10.6. The van der Waals surface area contributed by atoms with E-state index in [0.29, 0.717) is 18.2 Å². The number of rotatable bonds is 5. The molecule has 1 fully saturated rings. The van der Waals surface area contributed by atoms with Crippen LogP contribution in [0.1, 0.15) is 48.6 Å². The SMILES string of the molecule is O=C(NCc1ccccc1)Nc1ccc(-c2cnc(C3CCCCC3)s2)nc1. The Kier molecular flexibility index (Phi) is 5.97. The van der Waals surface area contributed by atoms with Gasteiger partial charge in [-0.05, 0) is 30.5 Å². The summed E-state index contributed by atoms with van der Waals surface area (Å²) in [6.45, 7) is 0.489. The van der Waals surface area contributed by atoms with Gasteiger partial charge in [-0.15, -0.1) is 11.3 Å². The number of nitrogens with zero attached hydrogens (tertiary/aromatic N) is 2. The standard InChI is InChI=1S/C22H24N4OS/c27-22(25-13-16-7-3-1-4-8-16)26-18-11-12-19(23-14-18)20-15-24-21(28-20)17-9-5-2-6-10-17/h1,3-4,7-8,11-12,14-15,17H,2,5-6,9-10,13H2,(H2,25,26,27). The molecule has 2 aromatic heterocycles. The van der Waals surface area contributed by atoms with Gasteiger partial charge < -0.3 is 10.6 Å². The molecule has 1 aliphatic rings. The zero-order valence-electron chi connectivity index (χ0n) is 15.7. The molecule has 2 amide bonds. The average molecular weight is 393 g/mol. The fraction of sp³-hybridized carbons (Fsp3) is 0.318. The minimum absolute atomic E-state index is 0.240. The molecule has 0 spiro atoms. The van der Waals surface area contributed by atoms with Crippen LogP contribution in [0.25, 0.3) is 10.6 Å². The van der Waals surface area contributed by atoms with Crippen molar-refractivity contribution in [2.45, 2.75) is 44.6 Å². The van der Waals surface area contributed by atoms with Gasteiger partial charge in [0.1, 0.15) is 0 Å². The largest absolute Gasteiger partial charge is 0.334 e. The molecule has 2 N–H and O–H groups in total. The van der Waals surface area contributed by atoms with E-state index in [-0.39, 0.29) is 6.03 Å². The highest BCUT2D eigenvalue weighted by Crippen LogP contribution is 2.37. The second-order valence-corrected chi connectivity index (χ2v) is 8.19. The van der Waals surface area contributed by atoms with Crippen LogP contribution in [0, 0.1) is 0 Å². The smallest absolute Gasteiger partial charge is 0.319 e. The molecule has 5 nitrogen and oxygen atoms in total. The number of pyridine rings is 1. The summed E-state index contributed by atoms with van der Waals surface area (Å²) in [5.41, 5.74) is 2.63. The molecule has 1 saturated carbocycles. The minimum atomic E-state index is -0.240. The lowest BCUT2D eigenvalue weighted by Crippen LogP contribution is -2.28. The molecule has 0 saturated heterocycles. The Balaban J connectivity index is 1.33. The summed E-state index contributed by atoms with van der Waals surface area (Å²) in [5, 5.41) is 6.91. The van der Waals surface area contributed by atoms with Crippen molar-refractivity contribution in [2.75, 3.05) is 5.32 Å². The van der Waals surface area contributed by atoms with Gasteiger partial charge in [-0.1, -0.05) is 49.6 Å². The van der Waals surface area contributed by atoms with E-state index in [1.54, 1.807) is 17.5 Å². The van der Waals surface area contributed by atoms with Crippen LogP contribution in [0.15, 0.2) is 54.9 Å². The molecule has 28 heavy (non-hydrogen) atoms. The Morgan fingerprint density at radius 1 is 1.00 bits per heavy atom. The van der Waals surface area contributed by atoms with Crippen molar-refractivity contribution in [3.05, 3.63) is 65.4 Å². The van der Waals surface area contributed by atoms with Crippen molar-refractivity contribution < 1.29 is 4.79 Å². The molecule has 0 radical (unpaired) electrons. The predicted molar refractivity (Wildman–Crippen MR) is 113 cm³/mol. The molecule has 4 rings (SSSR count). The first-order valence-electron chi connectivity index (χ1n) is 9.79. The Bertz CT molecular complexity index is 902. The molecule has 0 atom stereocenters. The molecule has 2 heterocycles. The Morgan fingerprint density at radius 2 is 1.82 bits per heavy atom. The maximum Gasteiger partial charge on any atom is 0.319 e. The van der Waals surface area contributed by atoms with E-state index < -0.39 is 0 Å². The molecule has 3 aromatic rings. The number of anilines is 1. The van der Waals surface area contributed by atoms with E-state index in [9.17, 15) is 4.79 Å². The summed E-state index contributed by atoms with van der Waals surface area (Å²) >= 11 is 1.74. The number of nitrogens with one attached hydrogen (secondary N) is 2. The summed E-state index contributed by atoms with van der Waals surface area (Å²) in [6.07, 6.45) is 10.1. The number of hydrogen-bond acceptors (Lipinski definition) is 4. The van der Waals surface area contributed by atoms with Gasteiger partial charge in [0.15, 0.2) is 0 Å². The second kappa shape index (κ2) is 8.97. The highest BCUT2D eigenvalue weighted by Gasteiger charge is 2.19. The monoisotopic (exact) mass is 392 g/mol. The van der Waals surface area contributed by atoms with Crippen molar-refractivity contribution in [3.63, 3.8) is 0 Å². The van der Waals surface area contributed by atoms with Crippen LogP contribution in [0.3, 0.4) is 0 Å². The van der Waals surface area contributed by atoms with E-state index in [1.165, 1.54) is 37.1 Å². The number of carbonyl (C=O) groups is 1. The van der Waals surface area contributed by atoms with Gasteiger partial charge in [0.25, 0.3) is 0 Å². The van der Waals surface area contributed by atoms with Gasteiger partial charge in [0.2, 0.25) is 0 Å². The van der Waals surface area contributed by atoms with Crippen molar-refractivity contribution in [3.8, 4) is 10.6 Å². The fourth-order valence-electron chi connectivity index (χ4n) is 3.51. The molecule has 144 valence electrons. The summed E-state index contributed by atoms with van der Waals surface area (Å²) < 4.78 is 0. The molecule has 6 heteroatoms. The summed E-state index contributed by atoms with van der Waals surface area (Å²) in [7, 11) is 0. The van der Waals surface area contributed by atoms with Crippen molar-refractivity contribution in [2.24, 2.45) is 0 Å². The van der Waals surface area contributed by atoms with Gasteiger partial charge in [-0.3, -0.25) is 4.98 Å². The quantitative estimate of drug-likeness (QED) is 0.596. The number of hydrogen-bond donors (Lipinski definition) is 2. The highest BCUT2D eigenvalue weighted by molar-refractivity contribution is 7.15. The van der Waals surface area contributed by atoms with Gasteiger partial charge in [0.05, 0.1) is 27.5 Å².